The molecule has 1 aliphatic heterocycles. The highest BCUT2D eigenvalue weighted by Crippen LogP contribution is 2.28. The molecule has 0 radical (unpaired) electrons. The van der Waals surface area contributed by atoms with Crippen molar-refractivity contribution in [1.29, 1.82) is 0 Å². The summed E-state index contributed by atoms with van der Waals surface area (Å²) in [5.74, 6) is 0.494. The number of halogens is 3. The van der Waals surface area contributed by atoms with Crippen LogP contribution in [0.2, 0.25) is 0 Å². The maximum Gasteiger partial charge on any atom is 0.180 e. The number of benzene rings is 1. The summed E-state index contributed by atoms with van der Waals surface area (Å²) in [6.07, 6.45) is 3.53. The molecule has 1 aromatic carbocycles. The zero-order valence-corrected chi connectivity index (χ0v) is 13.8. The fourth-order valence-electron chi connectivity index (χ4n) is 2.74. The summed E-state index contributed by atoms with van der Waals surface area (Å²) in [5, 5.41) is 0. The number of anilines is 1. The van der Waals surface area contributed by atoms with E-state index in [1.54, 1.807) is 16.7 Å². The molecule has 0 unspecified atom stereocenters. The van der Waals surface area contributed by atoms with Gasteiger partial charge in [0.05, 0.1) is 15.5 Å². The van der Waals surface area contributed by atoms with Gasteiger partial charge in [0.2, 0.25) is 0 Å². The topological polar surface area (TPSA) is 36.7 Å². The predicted molar refractivity (Wildman–Crippen MR) is 87.8 cm³/mol. The molecule has 0 saturated carbocycles. The fraction of sp³-hybridized carbons (Fsp3) is 0.286. The van der Waals surface area contributed by atoms with Crippen molar-refractivity contribution in [1.82, 2.24) is 18.8 Å². The van der Waals surface area contributed by atoms with E-state index in [2.05, 4.69) is 25.8 Å². The number of hydrogen-bond donors (Lipinski definition) is 0. The van der Waals surface area contributed by atoms with Gasteiger partial charge in [0.15, 0.2) is 11.5 Å². The SMILES string of the molecule is Fc1cc2c(cc1Br)nc(N1CCN(Cl)CC1)c1nccn12. The van der Waals surface area contributed by atoms with Crippen molar-refractivity contribution in [3.05, 3.63) is 34.8 Å². The number of fused-ring (bicyclic) bond motifs is 3. The molecular weight excluding hydrogens is 373 g/mol. The Hall–Kier alpha value is -1.44. The monoisotopic (exact) mass is 383 g/mol. The van der Waals surface area contributed by atoms with Crippen LogP contribution >= 0.6 is 27.7 Å². The van der Waals surface area contributed by atoms with Crippen LogP contribution < -0.4 is 4.90 Å². The molecule has 1 aliphatic rings. The van der Waals surface area contributed by atoms with Gasteiger partial charge in [-0.05, 0) is 33.8 Å². The molecule has 0 atom stereocenters. The van der Waals surface area contributed by atoms with E-state index >= 15 is 0 Å². The van der Waals surface area contributed by atoms with Crippen molar-refractivity contribution in [2.24, 2.45) is 0 Å². The molecule has 0 N–H and O–H groups in total. The number of piperazine rings is 1. The highest BCUT2D eigenvalue weighted by molar-refractivity contribution is 9.10. The zero-order chi connectivity index (χ0) is 15.3. The van der Waals surface area contributed by atoms with Gasteiger partial charge in [0.25, 0.3) is 0 Å². The fourth-order valence-corrected chi connectivity index (χ4v) is 3.22. The smallest absolute Gasteiger partial charge is 0.180 e. The van der Waals surface area contributed by atoms with Crippen LogP contribution in [0.5, 0.6) is 0 Å². The Morgan fingerprint density at radius 3 is 2.73 bits per heavy atom. The minimum atomic E-state index is -0.312. The molecule has 5 nitrogen and oxygen atoms in total. The van der Waals surface area contributed by atoms with Gasteiger partial charge in [-0.15, -0.1) is 0 Å². The van der Waals surface area contributed by atoms with Gasteiger partial charge in [-0.25, -0.2) is 18.8 Å². The Bertz CT molecular complexity index is 859. The summed E-state index contributed by atoms with van der Waals surface area (Å²) < 4.78 is 17.9. The van der Waals surface area contributed by atoms with Crippen LogP contribution in [0, 0.1) is 5.82 Å². The number of hydrogen-bond acceptors (Lipinski definition) is 4. The second kappa shape index (κ2) is 5.33. The van der Waals surface area contributed by atoms with Gasteiger partial charge in [-0.2, -0.15) is 0 Å². The maximum atomic E-state index is 13.8. The number of rotatable bonds is 1. The molecular formula is C14H12BrClFN5. The number of nitrogens with zero attached hydrogens (tertiary/aromatic N) is 5. The van der Waals surface area contributed by atoms with Gasteiger partial charge in [0.1, 0.15) is 5.82 Å². The Morgan fingerprint density at radius 1 is 1.18 bits per heavy atom. The second-order valence-electron chi connectivity index (χ2n) is 5.21. The molecule has 3 heterocycles. The van der Waals surface area contributed by atoms with E-state index < -0.39 is 0 Å². The molecule has 0 aliphatic carbocycles. The Labute approximate surface area is 139 Å². The van der Waals surface area contributed by atoms with Crippen molar-refractivity contribution in [3.63, 3.8) is 0 Å². The average Bonchev–Trinajstić information content (AvgIpc) is 2.99. The maximum absolute atomic E-state index is 13.8. The summed E-state index contributed by atoms with van der Waals surface area (Å²) in [4.78, 5) is 11.3. The first kappa shape index (κ1) is 14.2. The Balaban J connectivity index is 1.93. The molecule has 114 valence electrons. The van der Waals surface area contributed by atoms with Crippen molar-refractivity contribution < 1.29 is 4.39 Å². The largest absolute Gasteiger partial charge is 0.351 e. The van der Waals surface area contributed by atoms with Gasteiger partial charge in [0, 0.05) is 44.6 Å². The lowest BCUT2D eigenvalue weighted by molar-refractivity contribution is 0.415. The first-order chi connectivity index (χ1) is 10.6. The van der Waals surface area contributed by atoms with E-state index in [4.69, 9.17) is 16.8 Å². The molecule has 8 heteroatoms. The third-order valence-electron chi connectivity index (χ3n) is 3.87. The molecule has 3 aromatic rings. The lowest BCUT2D eigenvalue weighted by atomic mass is 10.2. The molecule has 2 aromatic heterocycles. The summed E-state index contributed by atoms with van der Waals surface area (Å²) in [6, 6.07) is 3.17. The predicted octanol–water partition coefficient (Wildman–Crippen LogP) is 3.06. The van der Waals surface area contributed by atoms with Crippen LogP contribution in [-0.2, 0) is 0 Å². The first-order valence-corrected chi connectivity index (χ1v) is 8.04. The first-order valence-electron chi connectivity index (χ1n) is 6.91. The zero-order valence-electron chi connectivity index (χ0n) is 11.5. The van der Waals surface area contributed by atoms with Crippen LogP contribution in [0.3, 0.4) is 0 Å². The third kappa shape index (κ3) is 2.24. The number of aromatic nitrogens is 3. The normalized spacial score (nSPS) is 16.8. The Kier molecular flexibility index (Phi) is 3.43. The molecule has 1 saturated heterocycles. The lowest BCUT2D eigenvalue weighted by Gasteiger charge is -2.31. The van der Waals surface area contributed by atoms with Gasteiger partial charge < -0.3 is 4.90 Å². The van der Waals surface area contributed by atoms with Crippen LogP contribution in [0.15, 0.2) is 29.0 Å². The van der Waals surface area contributed by atoms with Gasteiger partial charge in [-0.3, -0.25) is 4.40 Å². The molecule has 0 amide bonds. The quantitative estimate of drug-likeness (QED) is 0.604. The van der Waals surface area contributed by atoms with E-state index in [0.717, 1.165) is 43.2 Å². The third-order valence-corrected chi connectivity index (χ3v) is 4.81. The van der Waals surface area contributed by atoms with Crippen molar-refractivity contribution in [2.45, 2.75) is 0 Å². The second-order valence-corrected chi connectivity index (χ2v) is 6.54. The van der Waals surface area contributed by atoms with E-state index in [0.29, 0.717) is 9.99 Å². The minimum Gasteiger partial charge on any atom is -0.351 e. The van der Waals surface area contributed by atoms with E-state index in [1.165, 1.54) is 6.07 Å². The van der Waals surface area contributed by atoms with Crippen LogP contribution in [-0.4, -0.2) is 45.0 Å². The summed E-state index contributed by atoms with van der Waals surface area (Å²) >= 11 is 9.24. The Morgan fingerprint density at radius 2 is 1.95 bits per heavy atom. The van der Waals surface area contributed by atoms with Crippen LogP contribution in [0.1, 0.15) is 0 Å². The van der Waals surface area contributed by atoms with Crippen molar-refractivity contribution in [3.8, 4) is 0 Å². The summed E-state index contributed by atoms with van der Waals surface area (Å²) in [5.41, 5.74) is 2.16. The average molecular weight is 385 g/mol. The van der Waals surface area contributed by atoms with Gasteiger partial charge >= 0.3 is 0 Å². The standard InChI is InChI=1S/C14H12BrClFN5/c15-9-7-11-12(8-10(9)17)22-2-1-18-13(22)14(19-11)20-3-5-21(16)6-4-20/h1-2,7-8H,3-6H2. The molecule has 0 spiro atoms. The molecule has 0 bridgehead atoms. The lowest BCUT2D eigenvalue weighted by Crippen LogP contribution is -2.43. The van der Waals surface area contributed by atoms with E-state index in [9.17, 15) is 4.39 Å². The van der Waals surface area contributed by atoms with Crippen LogP contribution in [0.4, 0.5) is 10.2 Å². The molecule has 22 heavy (non-hydrogen) atoms. The minimum absolute atomic E-state index is 0.312. The van der Waals surface area contributed by atoms with Crippen LogP contribution in [0.25, 0.3) is 16.7 Å². The summed E-state index contributed by atoms with van der Waals surface area (Å²) in [7, 11) is 0. The van der Waals surface area contributed by atoms with Gasteiger partial charge in [-0.1, -0.05) is 0 Å². The van der Waals surface area contributed by atoms with Crippen molar-refractivity contribution >= 4 is 50.2 Å². The highest BCUT2D eigenvalue weighted by Gasteiger charge is 2.21. The molecule has 1 fully saturated rings. The number of imidazole rings is 1. The molecule has 4 rings (SSSR count). The highest BCUT2D eigenvalue weighted by atomic mass is 79.9. The van der Waals surface area contributed by atoms with E-state index in [1.807, 2.05) is 10.6 Å². The summed E-state index contributed by atoms with van der Waals surface area (Å²) in [6.45, 7) is 3.10. The van der Waals surface area contributed by atoms with Crippen molar-refractivity contribution in [2.75, 3.05) is 31.1 Å². The van der Waals surface area contributed by atoms with E-state index in [-0.39, 0.29) is 5.82 Å².